The van der Waals surface area contributed by atoms with Crippen molar-refractivity contribution in [3.8, 4) is 0 Å². The number of allylic oxidation sites excluding steroid dienone is 1. The third-order valence-corrected chi connectivity index (χ3v) is 14.3. The number of epoxide rings is 1. The smallest absolute Gasteiger partial charge is 0.341 e. The predicted molar refractivity (Wildman–Crippen MR) is 157 cm³/mol. The van der Waals surface area contributed by atoms with E-state index in [0.29, 0.717) is 36.5 Å². The summed E-state index contributed by atoms with van der Waals surface area (Å²) in [6.07, 6.45) is 1.58. The minimum atomic E-state index is -1.50. The molecule has 0 aromatic rings. The lowest BCUT2D eigenvalue weighted by atomic mass is 9.46. The number of carbonyl (C=O) groups is 1. The molecular weight excluding hydrogens is 568 g/mol. The van der Waals surface area contributed by atoms with Crippen LogP contribution in [-0.2, 0) is 23.7 Å². The first-order valence-corrected chi connectivity index (χ1v) is 16.9. The number of rotatable bonds is 5. The van der Waals surface area contributed by atoms with Crippen molar-refractivity contribution in [1.82, 2.24) is 0 Å². The molecule has 0 amide bonds. The molecule has 3 aliphatic heterocycles. The maximum absolute atomic E-state index is 12.8. The van der Waals surface area contributed by atoms with Gasteiger partial charge in [-0.1, -0.05) is 32.4 Å². The van der Waals surface area contributed by atoms with Crippen molar-refractivity contribution < 1.29 is 49.3 Å². The van der Waals surface area contributed by atoms with Gasteiger partial charge in [0.15, 0.2) is 11.9 Å². The highest BCUT2D eigenvalue weighted by Gasteiger charge is 2.74. The van der Waals surface area contributed by atoms with Gasteiger partial charge in [-0.3, -0.25) is 0 Å². The number of hydrogen-bond acceptors (Lipinski definition) is 10. The zero-order valence-electron chi connectivity index (χ0n) is 26.7. The molecule has 1 unspecified atom stereocenters. The number of cyclic esters (lactones) is 1. The molecule has 10 nitrogen and oxygen atoms in total. The Hall–Kier alpha value is -1.11. The van der Waals surface area contributed by atoms with Crippen LogP contribution in [0, 0.1) is 40.4 Å². The van der Waals surface area contributed by atoms with Crippen molar-refractivity contribution in [1.29, 1.82) is 0 Å². The van der Waals surface area contributed by atoms with E-state index in [9.17, 15) is 30.3 Å². The van der Waals surface area contributed by atoms with E-state index < -0.39 is 60.7 Å². The molecule has 4 aliphatic carbocycles. The van der Waals surface area contributed by atoms with Gasteiger partial charge < -0.3 is 44.5 Å². The van der Waals surface area contributed by atoms with Gasteiger partial charge in [0.2, 0.25) is 0 Å². The number of fused-ring (bicyclic) bond motifs is 6. The summed E-state index contributed by atoms with van der Waals surface area (Å²) in [5, 5.41) is 52.2. The van der Waals surface area contributed by atoms with Crippen LogP contribution in [0.3, 0.4) is 0 Å². The van der Waals surface area contributed by atoms with E-state index in [4.69, 9.17) is 18.9 Å². The summed E-state index contributed by atoms with van der Waals surface area (Å²) in [5.41, 5.74) is -0.239. The zero-order chi connectivity index (χ0) is 31.6. The topological polar surface area (TPSA) is 158 Å². The molecule has 5 N–H and O–H groups in total. The Kier molecular flexibility index (Phi) is 7.47. The number of hydrogen-bond donors (Lipinski definition) is 5. The van der Waals surface area contributed by atoms with Gasteiger partial charge in [-0.05, 0) is 87.4 Å². The molecule has 6 fully saturated rings. The lowest BCUT2D eigenvalue weighted by Gasteiger charge is -2.60. The van der Waals surface area contributed by atoms with Gasteiger partial charge in [-0.25, -0.2) is 4.79 Å². The molecule has 0 spiro atoms. The Labute approximate surface area is 260 Å². The molecule has 3 saturated heterocycles. The lowest BCUT2D eigenvalue weighted by molar-refractivity contribution is -0.315. The first-order chi connectivity index (χ1) is 20.7. The predicted octanol–water partition coefficient (Wildman–Crippen LogP) is 2.22. The average Bonchev–Trinajstić information content (AvgIpc) is 3.39. The number of carbonyl (C=O) groups excluding carboxylic acids is 1. The van der Waals surface area contributed by atoms with Crippen molar-refractivity contribution in [2.24, 2.45) is 40.4 Å². The number of ether oxygens (including phenoxy) is 4. The van der Waals surface area contributed by atoms with E-state index in [-0.39, 0.29) is 28.8 Å². The zero-order valence-corrected chi connectivity index (χ0v) is 26.7. The van der Waals surface area contributed by atoms with Gasteiger partial charge in [-0.15, -0.1) is 0 Å². The minimum Gasteiger partial charge on any atom is -0.460 e. The molecule has 7 aliphatic rings. The molecule has 44 heavy (non-hydrogen) atoms. The highest BCUT2D eigenvalue weighted by Crippen LogP contribution is 2.68. The summed E-state index contributed by atoms with van der Waals surface area (Å²) >= 11 is 0. The molecule has 248 valence electrons. The number of esters is 1. The summed E-state index contributed by atoms with van der Waals surface area (Å²) < 4.78 is 23.6. The Morgan fingerprint density at radius 3 is 2.48 bits per heavy atom. The lowest BCUT2D eigenvalue weighted by Crippen LogP contribution is -2.60. The molecule has 3 heterocycles. The quantitative estimate of drug-likeness (QED) is 0.175. The Bertz CT molecular complexity index is 1190. The molecular formula is C34H52O10. The van der Waals surface area contributed by atoms with Crippen molar-refractivity contribution in [2.75, 3.05) is 6.61 Å². The minimum absolute atomic E-state index is 0.127. The summed E-state index contributed by atoms with van der Waals surface area (Å²) in [6, 6.07) is 0. The summed E-state index contributed by atoms with van der Waals surface area (Å²) in [6.45, 7) is 10.3. The molecule has 0 aromatic heterocycles. The second kappa shape index (κ2) is 10.4. The van der Waals surface area contributed by atoms with Gasteiger partial charge in [0, 0.05) is 18.3 Å². The van der Waals surface area contributed by atoms with Crippen molar-refractivity contribution in [3.63, 3.8) is 0 Å². The maximum atomic E-state index is 12.8. The molecule has 0 aromatic carbocycles. The fraction of sp³-hybridized carbons (Fsp3) is 0.912. The fourth-order valence-corrected chi connectivity index (χ4v) is 11.2. The van der Waals surface area contributed by atoms with Crippen LogP contribution in [0.4, 0.5) is 0 Å². The van der Waals surface area contributed by atoms with Crippen LogP contribution in [0.15, 0.2) is 11.6 Å². The first kappa shape index (κ1) is 31.5. The fourth-order valence-electron chi connectivity index (χ4n) is 11.2. The Morgan fingerprint density at radius 1 is 1.02 bits per heavy atom. The van der Waals surface area contributed by atoms with Gasteiger partial charge in [0.25, 0.3) is 0 Å². The van der Waals surface area contributed by atoms with Crippen LogP contribution in [0.5, 0.6) is 0 Å². The van der Waals surface area contributed by atoms with E-state index in [1.54, 1.807) is 0 Å². The molecule has 10 heteroatoms. The average molecular weight is 621 g/mol. The number of aliphatic hydroxyl groups excluding tert-OH is 5. The monoisotopic (exact) mass is 620 g/mol. The van der Waals surface area contributed by atoms with Crippen LogP contribution in [0.1, 0.15) is 86.0 Å². The van der Waals surface area contributed by atoms with Gasteiger partial charge in [-0.2, -0.15) is 0 Å². The standard InChI is InChI=1S/C34H52O10/c1-16(23-14-32(3)34(5,44-32)30(40)43-23)20-8-9-21-19-7-6-17-12-18(41-29-28(39)27(38)26(37)24(15-35)42-29)13-25(36)33(17,4)22(19)10-11-31(20,21)2/h6,16,18-29,35-39H,7-15H2,1-5H3/t16-,18+,19-,20+,21-,22-,23+,24+,25?,26+,27-,28+,29+,31+,32-,33-,34+/m0/s1. The third kappa shape index (κ3) is 4.31. The molecule has 0 radical (unpaired) electrons. The second-order valence-electron chi connectivity index (χ2n) is 16.1. The van der Waals surface area contributed by atoms with E-state index in [1.165, 1.54) is 5.57 Å². The number of aliphatic hydroxyl groups is 5. The largest absolute Gasteiger partial charge is 0.460 e. The van der Waals surface area contributed by atoms with Gasteiger partial charge in [0.1, 0.15) is 36.1 Å². The molecule has 17 atom stereocenters. The van der Waals surface area contributed by atoms with Crippen molar-refractivity contribution in [2.45, 2.75) is 146 Å². The van der Waals surface area contributed by atoms with Crippen LogP contribution in [-0.4, -0.2) is 98.3 Å². The van der Waals surface area contributed by atoms with Gasteiger partial charge >= 0.3 is 5.97 Å². The van der Waals surface area contributed by atoms with Crippen LogP contribution < -0.4 is 0 Å². The normalized spacial score (nSPS) is 57.2. The summed E-state index contributed by atoms with van der Waals surface area (Å²) in [5.74, 6) is 1.86. The Balaban J connectivity index is 1.06. The SMILES string of the molecule is C[C@@H]([C@H]1CC[C@H]2[C@@H]3CC=C4C[C@@H](O[C@@H]5O[C@H](CO)[C@@H](O)[C@H](O)[C@H]5O)CC(O)[C@]4(C)[C@H]3CC[C@]12C)[C@H]1C[C@]2(C)O[C@]2(C)C(=O)O1. The van der Waals surface area contributed by atoms with Crippen molar-refractivity contribution >= 4 is 5.97 Å². The molecule has 7 rings (SSSR count). The summed E-state index contributed by atoms with van der Waals surface area (Å²) in [4.78, 5) is 12.8. The maximum Gasteiger partial charge on any atom is 0.341 e. The molecule has 0 bridgehead atoms. The second-order valence-corrected chi connectivity index (χ2v) is 16.1. The highest BCUT2D eigenvalue weighted by molar-refractivity contribution is 5.85. The van der Waals surface area contributed by atoms with E-state index in [2.05, 4.69) is 26.8 Å². The van der Waals surface area contributed by atoms with Gasteiger partial charge in [0.05, 0.1) is 18.8 Å². The van der Waals surface area contributed by atoms with E-state index in [1.807, 2.05) is 13.8 Å². The highest BCUT2D eigenvalue weighted by atomic mass is 16.7. The first-order valence-electron chi connectivity index (χ1n) is 16.9. The van der Waals surface area contributed by atoms with E-state index >= 15 is 0 Å². The van der Waals surface area contributed by atoms with Crippen molar-refractivity contribution in [3.05, 3.63) is 11.6 Å². The Morgan fingerprint density at radius 2 is 1.77 bits per heavy atom. The molecule has 3 saturated carbocycles. The van der Waals surface area contributed by atoms with E-state index in [0.717, 1.165) is 38.5 Å². The van der Waals surface area contributed by atoms with Crippen LogP contribution in [0.25, 0.3) is 0 Å². The van der Waals surface area contributed by atoms with Crippen LogP contribution in [0.2, 0.25) is 0 Å². The third-order valence-electron chi connectivity index (χ3n) is 14.3. The van der Waals surface area contributed by atoms with Crippen LogP contribution >= 0.6 is 0 Å². The summed E-state index contributed by atoms with van der Waals surface area (Å²) in [7, 11) is 0.